The molecule has 0 unspecified atom stereocenters. The first-order valence-electron chi connectivity index (χ1n) is 6.05. The zero-order valence-corrected chi connectivity index (χ0v) is 10.4. The Hall–Kier alpha value is -1.94. The van der Waals surface area contributed by atoms with Gasteiger partial charge in [-0.05, 0) is 36.2 Å². The van der Waals surface area contributed by atoms with Crippen molar-refractivity contribution in [3.8, 4) is 5.75 Å². The highest BCUT2D eigenvalue weighted by atomic mass is 19.1. The van der Waals surface area contributed by atoms with E-state index in [4.69, 9.17) is 10.5 Å². The van der Waals surface area contributed by atoms with Gasteiger partial charge < -0.3 is 10.5 Å². The molecule has 0 atom stereocenters. The molecule has 0 bridgehead atoms. The van der Waals surface area contributed by atoms with Gasteiger partial charge in [-0.1, -0.05) is 24.3 Å². The van der Waals surface area contributed by atoms with Crippen LogP contribution >= 0.6 is 0 Å². The van der Waals surface area contributed by atoms with Crippen LogP contribution in [-0.2, 0) is 13.0 Å². The third kappa shape index (κ3) is 3.51. The van der Waals surface area contributed by atoms with Crippen molar-refractivity contribution in [2.75, 3.05) is 6.54 Å². The van der Waals surface area contributed by atoms with E-state index in [1.165, 1.54) is 12.1 Å². The Balaban J connectivity index is 2.10. The normalized spacial score (nSPS) is 10.5. The van der Waals surface area contributed by atoms with Gasteiger partial charge in [-0.25, -0.2) is 8.78 Å². The molecule has 0 radical (unpaired) electrons. The van der Waals surface area contributed by atoms with Gasteiger partial charge in [-0.3, -0.25) is 0 Å². The van der Waals surface area contributed by atoms with E-state index in [2.05, 4.69) is 0 Å². The van der Waals surface area contributed by atoms with Crippen molar-refractivity contribution in [3.05, 3.63) is 65.2 Å². The number of nitrogens with two attached hydrogens (primary N) is 1. The van der Waals surface area contributed by atoms with Crippen molar-refractivity contribution < 1.29 is 13.5 Å². The van der Waals surface area contributed by atoms with Gasteiger partial charge >= 0.3 is 0 Å². The van der Waals surface area contributed by atoms with Gasteiger partial charge in [-0.2, -0.15) is 0 Å². The second-order valence-corrected chi connectivity index (χ2v) is 4.17. The molecule has 0 aliphatic rings. The van der Waals surface area contributed by atoms with Crippen molar-refractivity contribution in [1.29, 1.82) is 0 Å². The molecule has 0 spiro atoms. The van der Waals surface area contributed by atoms with Crippen molar-refractivity contribution in [1.82, 2.24) is 0 Å². The van der Waals surface area contributed by atoms with Crippen LogP contribution in [0.4, 0.5) is 8.78 Å². The maximum absolute atomic E-state index is 13.4. The molecule has 2 aromatic rings. The lowest BCUT2D eigenvalue weighted by Gasteiger charge is -2.11. The second kappa shape index (κ2) is 6.29. The predicted molar refractivity (Wildman–Crippen MR) is 69.9 cm³/mol. The van der Waals surface area contributed by atoms with E-state index >= 15 is 0 Å². The molecule has 2 rings (SSSR count). The van der Waals surface area contributed by atoms with Crippen LogP contribution < -0.4 is 10.5 Å². The zero-order valence-electron chi connectivity index (χ0n) is 10.4. The smallest absolute Gasteiger partial charge is 0.167 e. The zero-order chi connectivity index (χ0) is 13.7. The molecule has 0 heterocycles. The van der Waals surface area contributed by atoms with Gasteiger partial charge in [0.15, 0.2) is 11.6 Å². The van der Waals surface area contributed by atoms with Crippen LogP contribution in [0.15, 0.2) is 42.5 Å². The molecule has 0 amide bonds. The molecule has 0 aliphatic heterocycles. The van der Waals surface area contributed by atoms with Gasteiger partial charge in [0.2, 0.25) is 0 Å². The number of halogens is 2. The molecule has 2 nitrogen and oxygen atoms in total. The summed E-state index contributed by atoms with van der Waals surface area (Å²) in [5, 5.41) is 0. The number of benzene rings is 2. The maximum atomic E-state index is 13.4. The summed E-state index contributed by atoms with van der Waals surface area (Å²) < 4.78 is 31.6. The van der Waals surface area contributed by atoms with Crippen LogP contribution in [-0.4, -0.2) is 6.54 Å². The molecule has 2 N–H and O–H groups in total. The molecule has 0 saturated carbocycles. The standard InChI is InChI=1S/C15H15F2NO/c16-13-5-6-15(14(17)9-13)19-10-12-4-2-1-3-11(12)7-8-18/h1-6,9H,7-8,10,18H2. The first kappa shape index (κ1) is 13.5. The lowest BCUT2D eigenvalue weighted by atomic mass is 10.1. The van der Waals surface area contributed by atoms with Crippen molar-refractivity contribution in [2.45, 2.75) is 13.0 Å². The van der Waals surface area contributed by atoms with Crippen molar-refractivity contribution in [2.24, 2.45) is 5.73 Å². The number of hydrogen-bond acceptors (Lipinski definition) is 2. The van der Waals surface area contributed by atoms with E-state index in [1.807, 2.05) is 24.3 Å². The maximum Gasteiger partial charge on any atom is 0.167 e. The lowest BCUT2D eigenvalue weighted by molar-refractivity contribution is 0.288. The van der Waals surface area contributed by atoms with Crippen molar-refractivity contribution >= 4 is 0 Å². The lowest BCUT2D eigenvalue weighted by Crippen LogP contribution is -2.07. The third-order valence-electron chi connectivity index (χ3n) is 2.81. The van der Waals surface area contributed by atoms with Crippen LogP contribution in [0, 0.1) is 11.6 Å². The summed E-state index contributed by atoms with van der Waals surface area (Å²) in [6, 6.07) is 11.0. The molecule has 0 aromatic heterocycles. The molecule has 0 saturated heterocycles. The molecule has 100 valence electrons. The summed E-state index contributed by atoms with van der Waals surface area (Å²) >= 11 is 0. The summed E-state index contributed by atoms with van der Waals surface area (Å²) in [6.07, 6.45) is 0.742. The Labute approximate surface area is 110 Å². The highest BCUT2D eigenvalue weighted by molar-refractivity contribution is 5.29. The van der Waals surface area contributed by atoms with E-state index in [9.17, 15) is 8.78 Å². The molecule has 0 fully saturated rings. The fourth-order valence-corrected chi connectivity index (χ4v) is 1.85. The number of rotatable bonds is 5. The largest absolute Gasteiger partial charge is 0.486 e. The average Bonchev–Trinajstić information content (AvgIpc) is 2.40. The monoisotopic (exact) mass is 263 g/mol. The Bertz CT molecular complexity index is 558. The van der Waals surface area contributed by atoms with Crippen LogP contribution in [0.3, 0.4) is 0 Å². The third-order valence-corrected chi connectivity index (χ3v) is 2.81. The minimum Gasteiger partial charge on any atom is -0.486 e. The summed E-state index contributed by atoms with van der Waals surface area (Å²) in [5.41, 5.74) is 7.57. The van der Waals surface area contributed by atoms with Gasteiger partial charge in [0.25, 0.3) is 0 Å². The van der Waals surface area contributed by atoms with Gasteiger partial charge in [-0.15, -0.1) is 0 Å². The van der Waals surface area contributed by atoms with Crippen LogP contribution in [0.1, 0.15) is 11.1 Å². The first-order valence-corrected chi connectivity index (χ1v) is 6.05. The van der Waals surface area contributed by atoms with E-state index in [1.54, 1.807) is 0 Å². The van der Waals surface area contributed by atoms with E-state index in [-0.39, 0.29) is 12.4 Å². The Morgan fingerprint density at radius 2 is 1.74 bits per heavy atom. The highest BCUT2D eigenvalue weighted by Crippen LogP contribution is 2.20. The summed E-state index contributed by atoms with van der Waals surface area (Å²) in [7, 11) is 0. The van der Waals surface area contributed by atoms with Crippen LogP contribution in [0.2, 0.25) is 0 Å². The fraction of sp³-hybridized carbons (Fsp3) is 0.200. The van der Waals surface area contributed by atoms with Crippen LogP contribution in [0.25, 0.3) is 0 Å². The molecular formula is C15H15F2NO. The van der Waals surface area contributed by atoms with Gasteiger partial charge in [0, 0.05) is 6.07 Å². The highest BCUT2D eigenvalue weighted by Gasteiger charge is 2.07. The van der Waals surface area contributed by atoms with E-state index in [0.717, 1.165) is 23.6 Å². The number of ether oxygens (including phenoxy) is 1. The minimum atomic E-state index is -0.698. The predicted octanol–water partition coefficient (Wildman–Crippen LogP) is 3.05. The molecule has 2 aromatic carbocycles. The Morgan fingerprint density at radius 1 is 1.00 bits per heavy atom. The fourth-order valence-electron chi connectivity index (χ4n) is 1.85. The molecule has 4 heteroatoms. The summed E-state index contributed by atoms with van der Waals surface area (Å²) in [4.78, 5) is 0. The second-order valence-electron chi connectivity index (χ2n) is 4.17. The minimum absolute atomic E-state index is 0.0453. The topological polar surface area (TPSA) is 35.2 Å². The molecule has 19 heavy (non-hydrogen) atoms. The average molecular weight is 263 g/mol. The van der Waals surface area contributed by atoms with E-state index in [0.29, 0.717) is 6.54 Å². The van der Waals surface area contributed by atoms with Crippen molar-refractivity contribution in [3.63, 3.8) is 0 Å². The summed E-state index contributed by atoms with van der Waals surface area (Å²) in [6.45, 7) is 0.778. The van der Waals surface area contributed by atoms with Crippen LogP contribution in [0.5, 0.6) is 5.75 Å². The van der Waals surface area contributed by atoms with Gasteiger partial charge in [0.05, 0.1) is 0 Å². The van der Waals surface area contributed by atoms with Gasteiger partial charge in [0.1, 0.15) is 12.4 Å². The molecule has 0 aliphatic carbocycles. The number of hydrogen-bond donors (Lipinski definition) is 1. The van der Waals surface area contributed by atoms with E-state index < -0.39 is 11.6 Å². The summed E-state index contributed by atoms with van der Waals surface area (Å²) in [5.74, 6) is -1.27. The Kier molecular flexibility index (Phi) is 4.47. The quantitative estimate of drug-likeness (QED) is 0.899. The molecular weight excluding hydrogens is 248 g/mol. The SMILES string of the molecule is NCCc1ccccc1COc1ccc(F)cc1F. The first-order chi connectivity index (χ1) is 9.20. The Morgan fingerprint density at radius 3 is 2.42 bits per heavy atom.